The smallest absolute Gasteiger partial charge is 0.165 e. The fourth-order valence-electron chi connectivity index (χ4n) is 1.28. The highest BCUT2D eigenvalue weighted by Crippen LogP contribution is 2.19. The third-order valence-corrected chi connectivity index (χ3v) is 1.96. The van der Waals surface area contributed by atoms with Crippen LogP contribution in [0.2, 0.25) is 0 Å². The molecule has 0 aliphatic heterocycles. The summed E-state index contributed by atoms with van der Waals surface area (Å²) in [5.74, 6) is 0.747. The SMILES string of the molecule is CCCC(C)(C)OOc1ccccc1. The molecule has 2 nitrogen and oxygen atoms in total. The van der Waals surface area contributed by atoms with Gasteiger partial charge in [-0.15, -0.1) is 0 Å². The number of benzene rings is 1. The Balaban J connectivity index is 2.40. The van der Waals surface area contributed by atoms with Gasteiger partial charge in [0.2, 0.25) is 0 Å². The molecule has 14 heavy (non-hydrogen) atoms. The predicted octanol–water partition coefficient (Wildman–Crippen LogP) is 3.58. The van der Waals surface area contributed by atoms with E-state index in [-0.39, 0.29) is 5.60 Å². The van der Waals surface area contributed by atoms with Crippen LogP contribution >= 0.6 is 0 Å². The van der Waals surface area contributed by atoms with Crippen molar-refractivity contribution in [1.82, 2.24) is 0 Å². The maximum Gasteiger partial charge on any atom is 0.165 e. The second kappa shape index (κ2) is 5.01. The van der Waals surface area contributed by atoms with Crippen molar-refractivity contribution in [2.75, 3.05) is 0 Å². The summed E-state index contributed by atoms with van der Waals surface area (Å²) < 4.78 is 0. The van der Waals surface area contributed by atoms with Gasteiger partial charge >= 0.3 is 0 Å². The van der Waals surface area contributed by atoms with Crippen LogP contribution in [0.3, 0.4) is 0 Å². The first-order valence-corrected chi connectivity index (χ1v) is 5.05. The average Bonchev–Trinajstić information content (AvgIpc) is 2.17. The average molecular weight is 194 g/mol. The van der Waals surface area contributed by atoms with Crippen LogP contribution in [-0.2, 0) is 4.89 Å². The van der Waals surface area contributed by atoms with E-state index in [4.69, 9.17) is 9.78 Å². The Bertz CT molecular complexity index is 254. The van der Waals surface area contributed by atoms with E-state index in [0.717, 1.165) is 18.6 Å². The molecule has 0 fully saturated rings. The van der Waals surface area contributed by atoms with E-state index in [1.807, 2.05) is 44.2 Å². The van der Waals surface area contributed by atoms with Crippen molar-refractivity contribution in [3.05, 3.63) is 30.3 Å². The van der Waals surface area contributed by atoms with E-state index < -0.39 is 0 Å². The van der Waals surface area contributed by atoms with Crippen LogP contribution in [0.25, 0.3) is 0 Å². The highest BCUT2D eigenvalue weighted by Gasteiger charge is 2.19. The minimum Gasteiger partial charge on any atom is -0.337 e. The zero-order valence-electron chi connectivity index (χ0n) is 9.12. The lowest BCUT2D eigenvalue weighted by atomic mass is 10.0. The molecular formula is C12H18O2. The molecule has 0 bridgehead atoms. The van der Waals surface area contributed by atoms with Crippen LogP contribution in [-0.4, -0.2) is 5.60 Å². The molecule has 0 aliphatic carbocycles. The van der Waals surface area contributed by atoms with Gasteiger partial charge in [0.1, 0.15) is 5.60 Å². The van der Waals surface area contributed by atoms with Gasteiger partial charge in [-0.05, 0) is 32.4 Å². The van der Waals surface area contributed by atoms with Gasteiger partial charge in [0, 0.05) is 0 Å². The third-order valence-electron chi connectivity index (χ3n) is 1.96. The van der Waals surface area contributed by atoms with E-state index in [2.05, 4.69) is 6.92 Å². The van der Waals surface area contributed by atoms with Crippen molar-refractivity contribution in [2.45, 2.75) is 39.2 Å². The number of para-hydroxylation sites is 1. The molecule has 0 amide bonds. The maximum absolute atomic E-state index is 5.36. The molecule has 0 aromatic heterocycles. The zero-order chi connectivity index (χ0) is 10.4. The largest absolute Gasteiger partial charge is 0.337 e. The van der Waals surface area contributed by atoms with Crippen LogP contribution in [0.15, 0.2) is 30.3 Å². The fourth-order valence-corrected chi connectivity index (χ4v) is 1.28. The van der Waals surface area contributed by atoms with E-state index in [0.29, 0.717) is 0 Å². The molecule has 0 aliphatic rings. The molecule has 78 valence electrons. The normalized spacial score (nSPS) is 11.4. The second-order valence-electron chi connectivity index (χ2n) is 3.99. The first kappa shape index (κ1) is 11.1. The molecule has 0 saturated heterocycles. The summed E-state index contributed by atoms with van der Waals surface area (Å²) in [5, 5.41) is 0. The van der Waals surface area contributed by atoms with Crippen molar-refractivity contribution >= 4 is 0 Å². The molecule has 0 radical (unpaired) electrons. The monoisotopic (exact) mass is 194 g/mol. The van der Waals surface area contributed by atoms with Crippen LogP contribution < -0.4 is 4.89 Å². The summed E-state index contributed by atoms with van der Waals surface area (Å²) in [4.78, 5) is 10.6. The number of hydrogen-bond donors (Lipinski definition) is 0. The molecule has 1 aromatic carbocycles. The molecule has 0 spiro atoms. The molecule has 0 atom stereocenters. The number of rotatable bonds is 5. The Morgan fingerprint density at radius 1 is 1.14 bits per heavy atom. The quantitative estimate of drug-likeness (QED) is 0.527. The summed E-state index contributed by atoms with van der Waals surface area (Å²) >= 11 is 0. The molecule has 0 unspecified atom stereocenters. The summed E-state index contributed by atoms with van der Waals surface area (Å²) in [6, 6.07) is 9.55. The molecular weight excluding hydrogens is 176 g/mol. The third kappa shape index (κ3) is 3.79. The minimum atomic E-state index is -0.218. The Kier molecular flexibility index (Phi) is 3.96. The van der Waals surface area contributed by atoms with E-state index in [9.17, 15) is 0 Å². The fraction of sp³-hybridized carbons (Fsp3) is 0.500. The van der Waals surface area contributed by atoms with E-state index in [1.165, 1.54) is 0 Å². The summed E-state index contributed by atoms with van der Waals surface area (Å²) in [6.45, 7) is 6.19. The van der Waals surface area contributed by atoms with Gasteiger partial charge in [-0.25, -0.2) is 0 Å². The van der Waals surface area contributed by atoms with Gasteiger partial charge in [0.15, 0.2) is 5.75 Å². The van der Waals surface area contributed by atoms with Gasteiger partial charge in [-0.3, -0.25) is 0 Å². The van der Waals surface area contributed by atoms with Gasteiger partial charge in [0.25, 0.3) is 0 Å². The standard InChI is InChI=1S/C12H18O2/c1-4-10-12(2,3)14-13-11-8-6-5-7-9-11/h5-9H,4,10H2,1-3H3. The summed E-state index contributed by atoms with van der Waals surface area (Å²) in [6.07, 6.45) is 2.07. The van der Waals surface area contributed by atoms with Crippen molar-refractivity contribution in [2.24, 2.45) is 0 Å². The molecule has 0 N–H and O–H groups in total. The Morgan fingerprint density at radius 3 is 2.36 bits per heavy atom. The maximum atomic E-state index is 5.36. The van der Waals surface area contributed by atoms with Crippen LogP contribution in [0.1, 0.15) is 33.6 Å². The Morgan fingerprint density at radius 2 is 1.79 bits per heavy atom. The van der Waals surface area contributed by atoms with Gasteiger partial charge in [0.05, 0.1) is 0 Å². The van der Waals surface area contributed by atoms with Gasteiger partial charge < -0.3 is 4.89 Å². The van der Waals surface area contributed by atoms with Crippen LogP contribution in [0.5, 0.6) is 5.75 Å². The first-order valence-electron chi connectivity index (χ1n) is 5.05. The van der Waals surface area contributed by atoms with E-state index >= 15 is 0 Å². The molecule has 0 saturated carbocycles. The molecule has 2 heteroatoms. The highest BCUT2D eigenvalue weighted by molar-refractivity contribution is 5.20. The van der Waals surface area contributed by atoms with Crippen molar-refractivity contribution in [3.8, 4) is 5.75 Å². The van der Waals surface area contributed by atoms with Crippen molar-refractivity contribution in [3.63, 3.8) is 0 Å². The van der Waals surface area contributed by atoms with E-state index in [1.54, 1.807) is 0 Å². The van der Waals surface area contributed by atoms with Gasteiger partial charge in [-0.1, -0.05) is 31.5 Å². The minimum absolute atomic E-state index is 0.218. The van der Waals surface area contributed by atoms with Crippen LogP contribution in [0, 0.1) is 0 Å². The topological polar surface area (TPSA) is 18.5 Å². The second-order valence-corrected chi connectivity index (χ2v) is 3.99. The summed E-state index contributed by atoms with van der Waals surface area (Å²) in [5.41, 5.74) is -0.218. The predicted molar refractivity (Wildman–Crippen MR) is 57.1 cm³/mol. The lowest BCUT2D eigenvalue weighted by Gasteiger charge is -2.22. The Hall–Kier alpha value is -1.02. The summed E-state index contributed by atoms with van der Waals surface area (Å²) in [7, 11) is 0. The molecule has 1 rings (SSSR count). The van der Waals surface area contributed by atoms with Crippen molar-refractivity contribution in [1.29, 1.82) is 0 Å². The zero-order valence-corrected chi connectivity index (χ0v) is 9.12. The van der Waals surface area contributed by atoms with Crippen LogP contribution in [0.4, 0.5) is 0 Å². The Labute approximate surface area is 85.8 Å². The first-order chi connectivity index (χ1) is 6.64. The highest BCUT2D eigenvalue weighted by atomic mass is 17.2. The van der Waals surface area contributed by atoms with Gasteiger partial charge in [-0.2, -0.15) is 4.89 Å². The lowest BCUT2D eigenvalue weighted by Crippen LogP contribution is -2.25. The molecule has 0 heterocycles. The number of hydrogen-bond acceptors (Lipinski definition) is 2. The lowest BCUT2D eigenvalue weighted by molar-refractivity contribution is -0.282. The van der Waals surface area contributed by atoms with Crippen molar-refractivity contribution < 1.29 is 9.78 Å². The molecule has 1 aromatic rings.